The average molecular weight is 317 g/mol. The Kier molecular flexibility index (Phi) is 7.71. The molecule has 0 aromatic carbocycles. The zero-order valence-electron chi connectivity index (χ0n) is 12.5. The van der Waals surface area contributed by atoms with Gasteiger partial charge >= 0.3 is 0 Å². The number of halogens is 1. The number of carbonyl (C=O) groups excluding carboxylic acids is 1. The minimum absolute atomic E-state index is 0. The summed E-state index contributed by atoms with van der Waals surface area (Å²) >= 11 is 0. The van der Waals surface area contributed by atoms with Gasteiger partial charge in [0.2, 0.25) is 5.91 Å². The van der Waals surface area contributed by atoms with Crippen LogP contribution in [0.3, 0.4) is 0 Å². The summed E-state index contributed by atoms with van der Waals surface area (Å²) in [6.45, 7) is 3.00. The van der Waals surface area contributed by atoms with Gasteiger partial charge < -0.3 is 15.3 Å². The van der Waals surface area contributed by atoms with E-state index in [1.54, 1.807) is 18.1 Å². The van der Waals surface area contributed by atoms with Crippen molar-refractivity contribution >= 4 is 18.3 Å². The number of likely N-dealkylation sites (N-methyl/N-ethyl adjacent to an activating group) is 1. The summed E-state index contributed by atoms with van der Waals surface area (Å²) in [5, 5.41) is 16.5. The topological polar surface area (TPSA) is 70.4 Å². The maximum absolute atomic E-state index is 12.1. The van der Waals surface area contributed by atoms with Crippen molar-refractivity contribution in [1.82, 2.24) is 20.0 Å². The van der Waals surface area contributed by atoms with Crippen LogP contribution in [0.4, 0.5) is 0 Å². The third-order valence-electron chi connectivity index (χ3n) is 3.83. The predicted octanol–water partition coefficient (Wildman–Crippen LogP) is 0.613. The maximum atomic E-state index is 12.1. The molecule has 0 aliphatic carbocycles. The molecule has 120 valence electrons. The zero-order chi connectivity index (χ0) is 14.4. The second-order valence-corrected chi connectivity index (χ2v) is 5.35. The molecule has 1 aliphatic rings. The summed E-state index contributed by atoms with van der Waals surface area (Å²) in [5.41, 5.74) is 1.14. The van der Waals surface area contributed by atoms with E-state index in [4.69, 9.17) is 5.11 Å². The minimum atomic E-state index is 0. The van der Waals surface area contributed by atoms with E-state index in [1.165, 1.54) is 6.42 Å². The summed E-state index contributed by atoms with van der Waals surface area (Å²) in [5.74, 6) is 0.481. The van der Waals surface area contributed by atoms with Crippen molar-refractivity contribution in [3.63, 3.8) is 0 Å². The van der Waals surface area contributed by atoms with E-state index in [9.17, 15) is 4.79 Å². The molecular formula is C14H25ClN4O2. The predicted molar refractivity (Wildman–Crippen MR) is 83.7 cm³/mol. The summed E-state index contributed by atoms with van der Waals surface area (Å²) in [7, 11) is 1.77. The zero-order valence-corrected chi connectivity index (χ0v) is 13.3. The molecule has 1 amide bonds. The molecule has 6 nitrogen and oxygen atoms in total. The van der Waals surface area contributed by atoms with Crippen LogP contribution >= 0.6 is 12.4 Å². The monoisotopic (exact) mass is 316 g/mol. The number of aromatic nitrogens is 2. The van der Waals surface area contributed by atoms with Gasteiger partial charge in [-0.3, -0.25) is 9.48 Å². The fourth-order valence-electron chi connectivity index (χ4n) is 2.61. The molecule has 1 aliphatic heterocycles. The lowest BCUT2D eigenvalue weighted by atomic mass is 9.96. The molecule has 2 heterocycles. The second kappa shape index (κ2) is 9.02. The summed E-state index contributed by atoms with van der Waals surface area (Å²) in [4.78, 5) is 13.8. The summed E-state index contributed by atoms with van der Waals surface area (Å²) in [6.07, 6.45) is 4.69. The van der Waals surface area contributed by atoms with Crippen LogP contribution < -0.4 is 5.32 Å². The number of nitrogens with zero attached hydrogens (tertiary/aromatic N) is 3. The molecule has 2 N–H and O–H groups in total. The molecule has 1 aromatic rings. The van der Waals surface area contributed by atoms with Crippen molar-refractivity contribution in [2.24, 2.45) is 0 Å². The Hall–Kier alpha value is -1.11. The Balaban J connectivity index is 0.00000220. The summed E-state index contributed by atoms with van der Waals surface area (Å²) in [6, 6.07) is 2.01. The van der Waals surface area contributed by atoms with Gasteiger partial charge in [0, 0.05) is 44.6 Å². The van der Waals surface area contributed by atoms with Gasteiger partial charge in [-0.15, -0.1) is 12.4 Å². The molecule has 2 rings (SSSR count). The number of hydrogen-bond acceptors (Lipinski definition) is 4. The van der Waals surface area contributed by atoms with Crippen LogP contribution in [0.25, 0.3) is 0 Å². The number of carbonyl (C=O) groups is 1. The Labute approximate surface area is 131 Å². The van der Waals surface area contributed by atoms with Crippen molar-refractivity contribution in [3.8, 4) is 0 Å². The van der Waals surface area contributed by atoms with E-state index in [-0.39, 0.29) is 31.5 Å². The number of aliphatic hydroxyl groups is 1. The standard InChI is InChI=1S/C14H24N4O2.ClH/c1-17(8-3-9-19)14(20)11-18-13(5-7-16-18)12-4-2-6-15-10-12;/h5,7,12,15,19H,2-4,6,8-11H2,1H3;1H. The van der Waals surface area contributed by atoms with Crippen LogP contribution in [0.2, 0.25) is 0 Å². The number of nitrogens with one attached hydrogen (secondary N) is 1. The number of piperidine rings is 1. The Morgan fingerprint density at radius 2 is 2.43 bits per heavy atom. The number of aliphatic hydroxyl groups excluding tert-OH is 1. The van der Waals surface area contributed by atoms with Gasteiger partial charge in [-0.1, -0.05) is 0 Å². The van der Waals surface area contributed by atoms with Crippen LogP contribution in [-0.4, -0.2) is 59.0 Å². The van der Waals surface area contributed by atoms with E-state index in [2.05, 4.69) is 10.4 Å². The lowest BCUT2D eigenvalue weighted by molar-refractivity contribution is -0.130. The van der Waals surface area contributed by atoms with Gasteiger partial charge in [0.15, 0.2) is 0 Å². The number of amides is 1. The number of rotatable bonds is 6. The van der Waals surface area contributed by atoms with Crippen molar-refractivity contribution in [2.75, 3.05) is 33.3 Å². The van der Waals surface area contributed by atoms with Gasteiger partial charge in [-0.2, -0.15) is 5.10 Å². The molecular weight excluding hydrogens is 292 g/mol. The fourth-order valence-corrected chi connectivity index (χ4v) is 2.61. The molecule has 1 unspecified atom stereocenters. The van der Waals surface area contributed by atoms with Crippen LogP contribution in [-0.2, 0) is 11.3 Å². The fraction of sp³-hybridized carbons (Fsp3) is 0.714. The van der Waals surface area contributed by atoms with Crippen LogP contribution in [0.1, 0.15) is 30.9 Å². The highest BCUT2D eigenvalue weighted by Crippen LogP contribution is 2.22. The van der Waals surface area contributed by atoms with Crippen molar-refractivity contribution in [1.29, 1.82) is 0 Å². The molecule has 1 atom stereocenters. The third kappa shape index (κ3) is 4.98. The van der Waals surface area contributed by atoms with Crippen molar-refractivity contribution < 1.29 is 9.90 Å². The molecule has 0 radical (unpaired) electrons. The Morgan fingerprint density at radius 1 is 1.62 bits per heavy atom. The molecule has 0 saturated carbocycles. The largest absolute Gasteiger partial charge is 0.396 e. The number of hydrogen-bond donors (Lipinski definition) is 2. The molecule has 1 fully saturated rings. The minimum Gasteiger partial charge on any atom is -0.396 e. The molecule has 7 heteroatoms. The van der Waals surface area contributed by atoms with Crippen LogP contribution in [0.5, 0.6) is 0 Å². The summed E-state index contributed by atoms with van der Waals surface area (Å²) < 4.78 is 1.81. The maximum Gasteiger partial charge on any atom is 0.244 e. The molecule has 0 spiro atoms. The van der Waals surface area contributed by atoms with Gasteiger partial charge in [0.25, 0.3) is 0 Å². The Bertz CT molecular complexity index is 432. The second-order valence-electron chi connectivity index (χ2n) is 5.35. The third-order valence-corrected chi connectivity index (χ3v) is 3.83. The van der Waals surface area contributed by atoms with Crippen molar-refractivity contribution in [2.45, 2.75) is 31.7 Å². The smallest absolute Gasteiger partial charge is 0.244 e. The molecule has 21 heavy (non-hydrogen) atoms. The first-order valence-electron chi connectivity index (χ1n) is 7.29. The highest BCUT2D eigenvalue weighted by Gasteiger charge is 2.20. The van der Waals surface area contributed by atoms with Crippen LogP contribution in [0, 0.1) is 0 Å². The quantitative estimate of drug-likeness (QED) is 0.807. The normalized spacial score (nSPS) is 18.1. The van der Waals surface area contributed by atoms with Crippen molar-refractivity contribution in [3.05, 3.63) is 18.0 Å². The first kappa shape index (κ1) is 17.9. The van der Waals surface area contributed by atoms with Gasteiger partial charge in [-0.25, -0.2) is 0 Å². The van der Waals surface area contributed by atoms with E-state index in [0.29, 0.717) is 18.9 Å². The van der Waals surface area contributed by atoms with E-state index in [0.717, 1.165) is 25.2 Å². The highest BCUT2D eigenvalue weighted by atomic mass is 35.5. The lowest BCUT2D eigenvalue weighted by Crippen LogP contribution is -2.34. The Morgan fingerprint density at radius 3 is 3.10 bits per heavy atom. The highest BCUT2D eigenvalue weighted by molar-refractivity contribution is 5.85. The lowest BCUT2D eigenvalue weighted by Gasteiger charge is -2.24. The van der Waals surface area contributed by atoms with E-state index < -0.39 is 0 Å². The first-order chi connectivity index (χ1) is 9.72. The van der Waals surface area contributed by atoms with Crippen LogP contribution in [0.15, 0.2) is 12.3 Å². The SMILES string of the molecule is CN(CCCO)C(=O)Cn1nccc1C1CCCNC1.Cl. The average Bonchev–Trinajstić information content (AvgIpc) is 2.93. The molecule has 0 bridgehead atoms. The van der Waals surface area contributed by atoms with Gasteiger partial charge in [-0.05, 0) is 31.9 Å². The van der Waals surface area contributed by atoms with Gasteiger partial charge in [0.1, 0.15) is 6.54 Å². The molecule has 1 saturated heterocycles. The first-order valence-corrected chi connectivity index (χ1v) is 7.29. The molecule has 1 aromatic heterocycles. The van der Waals surface area contributed by atoms with Gasteiger partial charge in [0.05, 0.1) is 0 Å². The van der Waals surface area contributed by atoms with E-state index >= 15 is 0 Å². The van der Waals surface area contributed by atoms with E-state index in [1.807, 2.05) is 10.7 Å².